The third kappa shape index (κ3) is 3.67. The van der Waals surface area contributed by atoms with E-state index in [1.165, 1.54) is 18.2 Å². The second kappa shape index (κ2) is 8.76. The van der Waals surface area contributed by atoms with Crippen molar-refractivity contribution in [3.05, 3.63) is 95.3 Å². The number of piperidine rings is 1. The van der Waals surface area contributed by atoms with Gasteiger partial charge in [0.25, 0.3) is 0 Å². The van der Waals surface area contributed by atoms with Crippen molar-refractivity contribution in [3.8, 4) is 5.82 Å². The molecule has 4 aromatic rings. The predicted octanol–water partition coefficient (Wildman–Crippen LogP) is 5.04. The molecule has 6 nitrogen and oxygen atoms in total. The third-order valence-electron chi connectivity index (χ3n) is 8.24. The lowest BCUT2D eigenvalue weighted by Gasteiger charge is -2.27. The molecule has 0 N–H and O–H groups in total. The predicted molar refractivity (Wildman–Crippen MR) is 133 cm³/mol. The second-order valence-electron chi connectivity index (χ2n) is 9.88. The van der Waals surface area contributed by atoms with E-state index in [9.17, 15) is 8.78 Å². The van der Waals surface area contributed by atoms with Crippen LogP contribution in [-0.4, -0.2) is 37.8 Å². The SMILES string of the molecule is CC[C@]1(c2cc(F)ccc2F)C2CCN(c3cnc(Cc4ccnc(-n5cccn5)c4C)cn3)CC21. The van der Waals surface area contributed by atoms with Crippen LogP contribution in [0.2, 0.25) is 0 Å². The highest BCUT2D eigenvalue weighted by atomic mass is 19.1. The number of benzene rings is 1. The molecule has 0 amide bonds. The van der Waals surface area contributed by atoms with Crippen molar-refractivity contribution in [2.24, 2.45) is 11.8 Å². The molecule has 6 rings (SSSR count). The van der Waals surface area contributed by atoms with Crippen LogP contribution in [0, 0.1) is 30.4 Å². The van der Waals surface area contributed by atoms with Crippen molar-refractivity contribution >= 4 is 5.82 Å². The first-order valence-electron chi connectivity index (χ1n) is 12.5. The monoisotopic (exact) mass is 486 g/mol. The van der Waals surface area contributed by atoms with Crippen LogP contribution in [0.1, 0.15) is 42.1 Å². The zero-order chi connectivity index (χ0) is 24.9. The minimum Gasteiger partial charge on any atom is -0.355 e. The summed E-state index contributed by atoms with van der Waals surface area (Å²) in [6, 6.07) is 7.74. The van der Waals surface area contributed by atoms with Gasteiger partial charge in [-0.15, -0.1) is 0 Å². The van der Waals surface area contributed by atoms with Crippen molar-refractivity contribution < 1.29 is 8.78 Å². The maximum atomic E-state index is 14.7. The molecule has 1 aliphatic carbocycles. The number of rotatable bonds is 6. The van der Waals surface area contributed by atoms with Gasteiger partial charge in [0, 0.05) is 43.5 Å². The van der Waals surface area contributed by atoms with E-state index in [4.69, 9.17) is 9.97 Å². The summed E-state index contributed by atoms with van der Waals surface area (Å²) in [6.07, 6.45) is 11.5. The number of anilines is 1. The maximum Gasteiger partial charge on any atom is 0.156 e. The van der Waals surface area contributed by atoms with Gasteiger partial charge in [-0.1, -0.05) is 6.92 Å². The standard InChI is InChI=1S/C28H28F2N6/c1-3-28(23-14-20(29)5-6-25(23)30)22-8-12-35(17-24(22)28)26-16-32-21(15-33-26)13-19-7-10-31-27(18(19)2)36-11-4-9-34-36/h4-7,9-11,14-16,22,24H,3,8,12-13,17H2,1-2H3/t22?,24?,28-/m1/s1. The van der Waals surface area contributed by atoms with Crippen LogP contribution < -0.4 is 4.90 Å². The van der Waals surface area contributed by atoms with Gasteiger partial charge in [0.15, 0.2) is 5.82 Å². The molecule has 0 radical (unpaired) electrons. The molecule has 1 saturated heterocycles. The van der Waals surface area contributed by atoms with E-state index >= 15 is 0 Å². The van der Waals surface area contributed by atoms with Crippen molar-refractivity contribution in [3.63, 3.8) is 0 Å². The van der Waals surface area contributed by atoms with Crippen LogP contribution in [0.25, 0.3) is 5.82 Å². The Bertz CT molecular complexity index is 1390. The van der Waals surface area contributed by atoms with Gasteiger partial charge < -0.3 is 4.90 Å². The Labute approximate surface area is 209 Å². The molecule has 2 aliphatic rings. The fraction of sp³-hybridized carbons (Fsp3) is 0.357. The van der Waals surface area contributed by atoms with Crippen molar-refractivity contribution in [2.75, 3.05) is 18.0 Å². The second-order valence-corrected chi connectivity index (χ2v) is 9.88. The Morgan fingerprint density at radius 1 is 1.06 bits per heavy atom. The molecule has 2 fully saturated rings. The molecule has 0 bridgehead atoms. The minimum atomic E-state index is -0.373. The summed E-state index contributed by atoms with van der Waals surface area (Å²) in [5.41, 5.74) is 3.31. The lowest BCUT2D eigenvalue weighted by molar-refractivity contribution is 0.507. The van der Waals surface area contributed by atoms with Crippen LogP contribution in [0.5, 0.6) is 0 Å². The van der Waals surface area contributed by atoms with Gasteiger partial charge >= 0.3 is 0 Å². The van der Waals surface area contributed by atoms with Gasteiger partial charge in [0.05, 0.1) is 18.1 Å². The van der Waals surface area contributed by atoms with E-state index in [-0.39, 0.29) is 23.0 Å². The Hall–Kier alpha value is -3.68. The number of halogens is 2. The summed E-state index contributed by atoms with van der Waals surface area (Å²) >= 11 is 0. The van der Waals surface area contributed by atoms with Gasteiger partial charge in [0.2, 0.25) is 0 Å². The van der Waals surface area contributed by atoms with Crippen LogP contribution in [0.3, 0.4) is 0 Å². The highest BCUT2D eigenvalue weighted by Gasteiger charge is 2.66. The summed E-state index contributed by atoms with van der Waals surface area (Å²) in [5, 5.41) is 4.29. The topological polar surface area (TPSA) is 59.7 Å². The van der Waals surface area contributed by atoms with Gasteiger partial charge in [-0.3, -0.25) is 4.98 Å². The lowest BCUT2D eigenvalue weighted by atomic mass is 9.88. The molecule has 184 valence electrons. The quantitative estimate of drug-likeness (QED) is 0.382. The smallest absolute Gasteiger partial charge is 0.156 e. The molecular formula is C28H28F2N6. The molecule has 1 aliphatic heterocycles. The number of hydrogen-bond acceptors (Lipinski definition) is 5. The number of aromatic nitrogens is 5. The Morgan fingerprint density at radius 2 is 1.94 bits per heavy atom. The highest BCUT2D eigenvalue weighted by molar-refractivity contribution is 5.45. The molecule has 2 unspecified atom stereocenters. The number of nitrogens with zero attached hydrogens (tertiary/aromatic N) is 6. The van der Waals surface area contributed by atoms with Crippen molar-refractivity contribution in [1.82, 2.24) is 24.7 Å². The summed E-state index contributed by atoms with van der Waals surface area (Å²) in [5.74, 6) is 1.63. The molecule has 36 heavy (non-hydrogen) atoms. The van der Waals surface area contributed by atoms with E-state index in [1.54, 1.807) is 17.1 Å². The fourth-order valence-electron chi connectivity index (χ4n) is 6.33. The summed E-state index contributed by atoms with van der Waals surface area (Å²) in [6.45, 7) is 5.74. The first-order valence-corrected chi connectivity index (χ1v) is 12.5. The van der Waals surface area contributed by atoms with Crippen LogP contribution in [0.15, 0.2) is 61.3 Å². The minimum absolute atomic E-state index is 0.286. The molecule has 4 heterocycles. The molecule has 1 aromatic carbocycles. The average Bonchev–Trinajstić information content (AvgIpc) is 3.22. The van der Waals surface area contributed by atoms with E-state index in [2.05, 4.69) is 21.9 Å². The molecule has 8 heteroatoms. The van der Waals surface area contributed by atoms with Gasteiger partial charge in [-0.25, -0.2) is 23.4 Å². The summed E-state index contributed by atoms with van der Waals surface area (Å²) in [7, 11) is 0. The Balaban J connectivity index is 1.18. The van der Waals surface area contributed by atoms with Gasteiger partial charge in [0.1, 0.15) is 17.5 Å². The van der Waals surface area contributed by atoms with Gasteiger partial charge in [-0.2, -0.15) is 5.10 Å². The zero-order valence-electron chi connectivity index (χ0n) is 20.4. The lowest BCUT2D eigenvalue weighted by Crippen LogP contribution is -2.32. The normalized spacial score (nSPS) is 22.9. The van der Waals surface area contributed by atoms with Crippen molar-refractivity contribution in [1.29, 1.82) is 0 Å². The fourth-order valence-corrected chi connectivity index (χ4v) is 6.33. The maximum absolute atomic E-state index is 14.7. The van der Waals surface area contributed by atoms with Crippen LogP contribution in [-0.2, 0) is 11.8 Å². The molecular weight excluding hydrogens is 458 g/mol. The van der Waals surface area contributed by atoms with E-state index in [0.29, 0.717) is 17.9 Å². The number of hydrogen-bond donors (Lipinski definition) is 0. The molecule has 3 aromatic heterocycles. The average molecular weight is 487 g/mol. The van der Waals surface area contributed by atoms with Crippen LogP contribution >= 0.6 is 0 Å². The van der Waals surface area contributed by atoms with E-state index in [1.807, 2.05) is 37.6 Å². The number of fused-ring (bicyclic) bond motifs is 1. The van der Waals surface area contributed by atoms with E-state index in [0.717, 1.165) is 54.4 Å². The first-order chi connectivity index (χ1) is 17.5. The zero-order valence-corrected chi connectivity index (χ0v) is 20.4. The molecule has 0 spiro atoms. The first kappa shape index (κ1) is 22.8. The van der Waals surface area contributed by atoms with Crippen LogP contribution in [0.4, 0.5) is 14.6 Å². The Kier molecular flexibility index (Phi) is 5.54. The number of pyridine rings is 1. The van der Waals surface area contributed by atoms with E-state index < -0.39 is 0 Å². The molecule has 1 saturated carbocycles. The largest absolute Gasteiger partial charge is 0.355 e. The third-order valence-corrected chi connectivity index (χ3v) is 8.24. The summed E-state index contributed by atoms with van der Waals surface area (Å²) in [4.78, 5) is 16.1. The highest BCUT2D eigenvalue weighted by Crippen LogP contribution is 2.65. The van der Waals surface area contributed by atoms with Gasteiger partial charge in [-0.05, 0) is 78.6 Å². The summed E-state index contributed by atoms with van der Waals surface area (Å²) < 4.78 is 30.4. The molecule has 3 atom stereocenters. The van der Waals surface area contributed by atoms with Crippen molar-refractivity contribution in [2.45, 2.75) is 38.5 Å². The Morgan fingerprint density at radius 3 is 2.69 bits per heavy atom.